The first-order valence-electron chi connectivity index (χ1n) is 6.81. The molecule has 0 aliphatic carbocycles. The number of carboxylic acid groups (broad SMARTS) is 1. The molecule has 0 amide bonds. The fourth-order valence-electron chi connectivity index (χ4n) is 2.54. The van der Waals surface area contributed by atoms with E-state index in [1.165, 1.54) is 0 Å². The fraction of sp³-hybridized carbons (Fsp3) is 0.235. The van der Waals surface area contributed by atoms with E-state index in [0.717, 1.165) is 16.7 Å². The number of ether oxygens (including phenoxy) is 2. The minimum absolute atomic E-state index is 0.221. The van der Waals surface area contributed by atoms with Crippen molar-refractivity contribution in [2.45, 2.75) is 19.3 Å². The average molecular weight is 284 g/mol. The van der Waals surface area contributed by atoms with Crippen molar-refractivity contribution in [1.29, 1.82) is 0 Å². The van der Waals surface area contributed by atoms with Gasteiger partial charge in [0, 0.05) is 0 Å². The maximum atomic E-state index is 11.6. The first-order chi connectivity index (χ1) is 10.1. The van der Waals surface area contributed by atoms with Crippen molar-refractivity contribution >= 4 is 5.97 Å². The number of aliphatic carboxylic acids is 1. The Hall–Kier alpha value is -2.49. The molecular weight excluding hydrogens is 268 g/mol. The van der Waals surface area contributed by atoms with Crippen LogP contribution in [-0.4, -0.2) is 17.9 Å². The minimum Gasteiger partial charge on any atom is -0.481 e. The summed E-state index contributed by atoms with van der Waals surface area (Å²) in [7, 11) is 0. The second-order valence-corrected chi connectivity index (χ2v) is 5.20. The Morgan fingerprint density at radius 1 is 1.19 bits per heavy atom. The first kappa shape index (κ1) is 13.5. The zero-order valence-corrected chi connectivity index (χ0v) is 11.7. The van der Waals surface area contributed by atoms with Gasteiger partial charge in [-0.2, -0.15) is 0 Å². The maximum Gasteiger partial charge on any atom is 0.311 e. The van der Waals surface area contributed by atoms with E-state index in [1.54, 1.807) is 0 Å². The summed E-state index contributed by atoms with van der Waals surface area (Å²) >= 11 is 0. The smallest absolute Gasteiger partial charge is 0.311 e. The van der Waals surface area contributed by atoms with Crippen molar-refractivity contribution in [3.8, 4) is 11.5 Å². The number of rotatable bonds is 4. The van der Waals surface area contributed by atoms with Gasteiger partial charge in [-0.3, -0.25) is 4.79 Å². The van der Waals surface area contributed by atoms with Crippen LogP contribution in [-0.2, 0) is 11.2 Å². The van der Waals surface area contributed by atoms with Crippen LogP contribution in [0.4, 0.5) is 0 Å². The van der Waals surface area contributed by atoms with Gasteiger partial charge >= 0.3 is 5.97 Å². The maximum absolute atomic E-state index is 11.6. The van der Waals surface area contributed by atoms with Gasteiger partial charge in [-0.1, -0.05) is 35.9 Å². The molecule has 0 bridgehead atoms. The van der Waals surface area contributed by atoms with Gasteiger partial charge in [0.25, 0.3) is 0 Å². The molecule has 4 nitrogen and oxygen atoms in total. The van der Waals surface area contributed by atoms with Crippen molar-refractivity contribution in [1.82, 2.24) is 0 Å². The van der Waals surface area contributed by atoms with E-state index in [4.69, 9.17) is 9.47 Å². The molecule has 1 N–H and O–H groups in total. The third-order valence-corrected chi connectivity index (χ3v) is 3.62. The Bertz CT molecular complexity index is 678. The molecule has 1 atom stereocenters. The Labute approximate surface area is 122 Å². The molecule has 1 heterocycles. The van der Waals surface area contributed by atoms with Crippen molar-refractivity contribution in [3.63, 3.8) is 0 Å². The normalized spacial score (nSPS) is 14.0. The van der Waals surface area contributed by atoms with Gasteiger partial charge in [0.05, 0.1) is 5.92 Å². The van der Waals surface area contributed by atoms with Crippen LogP contribution in [0.25, 0.3) is 0 Å². The second kappa shape index (κ2) is 5.48. The molecule has 108 valence electrons. The van der Waals surface area contributed by atoms with E-state index in [2.05, 4.69) is 0 Å². The minimum atomic E-state index is -0.821. The second-order valence-electron chi connectivity index (χ2n) is 5.20. The summed E-state index contributed by atoms with van der Waals surface area (Å²) in [5.74, 6) is 0.00519. The molecule has 21 heavy (non-hydrogen) atoms. The van der Waals surface area contributed by atoms with E-state index < -0.39 is 11.9 Å². The van der Waals surface area contributed by atoms with Gasteiger partial charge in [-0.15, -0.1) is 0 Å². The Morgan fingerprint density at radius 3 is 2.76 bits per heavy atom. The molecule has 0 spiro atoms. The Morgan fingerprint density at radius 2 is 2.00 bits per heavy atom. The van der Waals surface area contributed by atoms with Crippen LogP contribution < -0.4 is 9.47 Å². The van der Waals surface area contributed by atoms with E-state index in [-0.39, 0.29) is 6.79 Å². The van der Waals surface area contributed by atoms with Crippen LogP contribution in [0.3, 0.4) is 0 Å². The lowest BCUT2D eigenvalue weighted by molar-refractivity contribution is -0.138. The Kier molecular flexibility index (Phi) is 3.52. The number of hydrogen-bond acceptors (Lipinski definition) is 3. The molecule has 1 unspecified atom stereocenters. The van der Waals surface area contributed by atoms with Gasteiger partial charge in [0.1, 0.15) is 0 Å². The molecule has 0 saturated heterocycles. The number of benzene rings is 2. The first-order valence-corrected chi connectivity index (χ1v) is 6.81. The number of hydrogen-bond donors (Lipinski definition) is 1. The number of fused-ring (bicyclic) bond motifs is 1. The highest BCUT2D eigenvalue weighted by molar-refractivity contribution is 5.76. The van der Waals surface area contributed by atoms with E-state index in [1.807, 2.05) is 49.4 Å². The van der Waals surface area contributed by atoms with E-state index >= 15 is 0 Å². The van der Waals surface area contributed by atoms with Gasteiger partial charge in [-0.05, 0) is 36.6 Å². The van der Waals surface area contributed by atoms with Crippen LogP contribution >= 0.6 is 0 Å². The van der Waals surface area contributed by atoms with Crippen molar-refractivity contribution < 1.29 is 19.4 Å². The molecule has 0 saturated carbocycles. The number of carbonyl (C=O) groups is 1. The quantitative estimate of drug-likeness (QED) is 0.937. The summed E-state index contributed by atoms with van der Waals surface area (Å²) in [5.41, 5.74) is 2.80. The molecule has 3 rings (SSSR count). The summed E-state index contributed by atoms with van der Waals surface area (Å²) in [5, 5.41) is 9.52. The van der Waals surface area contributed by atoms with Crippen molar-refractivity contribution in [3.05, 3.63) is 59.2 Å². The van der Waals surface area contributed by atoms with Gasteiger partial charge in [0.2, 0.25) is 6.79 Å². The predicted molar refractivity (Wildman–Crippen MR) is 77.8 cm³/mol. The summed E-state index contributed by atoms with van der Waals surface area (Å²) in [6, 6.07) is 13.2. The van der Waals surface area contributed by atoms with Gasteiger partial charge in [-0.25, -0.2) is 0 Å². The highest BCUT2D eigenvalue weighted by atomic mass is 16.7. The van der Waals surface area contributed by atoms with Crippen LogP contribution in [0.5, 0.6) is 11.5 Å². The lowest BCUT2D eigenvalue weighted by atomic mass is 9.91. The highest BCUT2D eigenvalue weighted by Gasteiger charge is 2.22. The molecule has 1 aliphatic rings. The number of carboxylic acids is 1. The summed E-state index contributed by atoms with van der Waals surface area (Å²) in [6.07, 6.45) is 0.426. The van der Waals surface area contributed by atoms with Gasteiger partial charge in [0.15, 0.2) is 11.5 Å². The topological polar surface area (TPSA) is 55.8 Å². The third kappa shape index (κ3) is 2.84. The van der Waals surface area contributed by atoms with Crippen LogP contribution in [0, 0.1) is 6.92 Å². The zero-order chi connectivity index (χ0) is 14.8. The monoisotopic (exact) mass is 284 g/mol. The predicted octanol–water partition coefficient (Wildman–Crippen LogP) is 3.13. The summed E-state index contributed by atoms with van der Waals surface area (Å²) < 4.78 is 10.6. The molecule has 2 aromatic carbocycles. The largest absolute Gasteiger partial charge is 0.481 e. The number of aryl methyl sites for hydroxylation is 1. The molecule has 4 heteroatoms. The zero-order valence-electron chi connectivity index (χ0n) is 11.7. The lowest BCUT2D eigenvalue weighted by Gasteiger charge is -2.14. The van der Waals surface area contributed by atoms with Crippen LogP contribution in [0.1, 0.15) is 22.6 Å². The van der Waals surface area contributed by atoms with Crippen molar-refractivity contribution in [2.75, 3.05) is 6.79 Å². The van der Waals surface area contributed by atoms with E-state index in [0.29, 0.717) is 17.9 Å². The Balaban J connectivity index is 1.87. The summed E-state index contributed by atoms with van der Waals surface area (Å²) in [4.78, 5) is 11.6. The molecule has 1 aliphatic heterocycles. The van der Waals surface area contributed by atoms with Crippen LogP contribution in [0.15, 0.2) is 42.5 Å². The van der Waals surface area contributed by atoms with E-state index in [9.17, 15) is 9.90 Å². The molecule has 0 fully saturated rings. The molecule has 0 aromatic heterocycles. The third-order valence-electron chi connectivity index (χ3n) is 3.62. The van der Waals surface area contributed by atoms with Crippen LogP contribution in [0.2, 0.25) is 0 Å². The molecule has 2 aromatic rings. The highest BCUT2D eigenvalue weighted by Crippen LogP contribution is 2.34. The molecular formula is C17H16O4. The lowest BCUT2D eigenvalue weighted by Crippen LogP contribution is -2.14. The van der Waals surface area contributed by atoms with Gasteiger partial charge < -0.3 is 14.6 Å². The average Bonchev–Trinajstić information content (AvgIpc) is 2.92. The van der Waals surface area contributed by atoms with Crippen molar-refractivity contribution in [2.24, 2.45) is 0 Å². The standard InChI is InChI=1S/C17H16O4/c1-11-3-2-4-13(7-11)14(17(18)19)8-12-5-6-15-16(9-12)21-10-20-15/h2-7,9,14H,8,10H2,1H3,(H,18,19). The summed E-state index contributed by atoms with van der Waals surface area (Å²) in [6.45, 7) is 2.18. The fourth-order valence-corrected chi connectivity index (χ4v) is 2.54. The molecule has 0 radical (unpaired) electrons. The SMILES string of the molecule is Cc1cccc(C(Cc2ccc3c(c2)OCO3)C(=O)O)c1.